The zero-order valence-corrected chi connectivity index (χ0v) is 13.5. The smallest absolute Gasteiger partial charge is 0.409 e. The van der Waals surface area contributed by atoms with Crippen LogP contribution < -0.4 is 4.72 Å². The molecule has 1 N–H and O–H groups in total. The lowest BCUT2D eigenvalue weighted by atomic mass is 10.1. The maximum absolute atomic E-state index is 12.2. The molecule has 1 aromatic carbocycles. The average Bonchev–Trinajstić information content (AvgIpc) is 2.48. The van der Waals surface area contributed by atoms with Gasteiger partial charge in [0.2, 0.25) is 10.0 Å². The molecule has 1 amide bonds. The van der Waals surface area contributed by atoms with E-state index in [-0.39, 0.29) is 17.9 Å². The Morgan fingerprint density at radius 2 is 1.91 bits per heavy atom. The molecule has 6 nitrogen and oxygen atoms in total. The Balaban J connectivity index is 1.83. The van der Waals surface area contributed by atoms with Crippen LogP contribution in [0.2, 0.25) is 0 Å². The lowest BCUT2D eigenvalue weighted by Gasteiger charge is -2.31. The second-order valence-electron chi connectivity index (χ2n) is 5.32. The molecular formula is C15H22N2O4S. The number of nitrogens with zero attached hydrogens (tertiary/aromatic N) is 1. The third-order valence-corrected chi connectivity index (χ3v) is 4.97. The van der Waals surface area contributed by atoms with Crippen molar-refractivity contribution in [2.75, 3.05) is 19.7 Å². The number of ether oxygens (including phenoxy) is 1. The van der Waals surface area contributed by atoms with E-state index >= 15 is 0 Å². The minimum atomic E-state index is -3.37. The average molecular weight is 326 g/mol. The van der Waals surface area contributed by atoms with Crippen molar-refractivity contribution in [1.29, 1.82) is 0 Å². The fourth-order valence-corrected chi connectivity index (χ4v) is 3.94. The number of nitrogens with one attached hydrogen (secondary N) is 1. The van der Waals surface area contributed by atoms with Gasteiger partial charge in [0.1, 0.15) is 0 Å². The molecule has 1 aliphatic rings. The number of carbonyl (C=O) groups is 1. The van der Waals surface area contributed by atoms with Gasteiger partial charge in [-0.05, 0) is 25.3 Å². The van der Waals surface area contributed by atoms with E-state index in [1.807, 2.05) is 18.2 Å². The van der Waals surface area contributed by atoms with Gasteiger partial charge in [-0.15, -0.1) is 0 Å². The van der Waals surface area contributed by atoms with Crippen molar-refractivity contribution >= 4 is 16.1 Å². The molecule has 22 heavy (non-hydrogen) atoms. The van der Waals surface area contributed by atoms with Gasteiger partial charge in [0.05, 0.1) is 12.4 Å². The van der Waals surface area contributed by atoms with E-state index in [0.29, 0.717) is 32.5 Å². The van der Waals surface area contributed by atoms with Gasteiger partial charge in [-0.1, -0.05) is 30.3 Å². The predicted octanol–water partition coefficient (Wildman–Crippen LogP) is 1.73. The Hall–Kier alpha value is -1.60. The summed E-state index contributed by atoms with van der Waals surface area (Å²) in [6.45, 7) is 3.14. The standard InChI is InChI=1S/C15H22N2O4S/c1-2-21-15(18)17-10-8-14(9-11-17)16-22(19,20)12-13-6-4-3-5-7-13/h3-7,14,16H,2,8-12H2,1H3. The summed E-state index contributed by atoms with van der Waals surface area (Å²) in [5.74, 6) is -0.0219. The van der Waals surface area contributed by atoms with Gasteiger partial charge < -0.3 is 9.64 Å². The van der Waals surface area contributed by atoms with Crippen molar-refractivity contribution in [2.45, 2.75) is 31.6 Å². The normalized spacial score (nSPS) is 16.5. The van der Waals surface area contributed by atoms with Crippen LogP contribution in [0.3, 0.4) is 0 Å². The summed E-state index contributed by atoms with van der Waals surface area (Å²) >= 11 is 0. The molecule has 1 aromatic rings. The second kappa shape index (κ2) is 7.60. The summed E-state index contributed by atoms with van der Waals surface area (Å²) in [6.07, 6.45) is 0.882. The van der Waals surface area contributed by atoms with E-state index < -0.39 is 10.0 Å². The van der Waals surface area contributed by atoms with Gasteiger partial charge in [-0.2, -0.15) is 0 Å². The van der Waals surface area contributed by atoms with Crippen molar-refractivity contribution in [3.05, 3.63) is 35.9 Å². The number of hydrogen-bond acceptors (Lipinski definition) is 4. The Labute approximate surface area is 131 Å². The highest BCUT2D eigenvalue weighted by Gasteiger charge is 2.26. The fraction of sp³-hybridized carbons (Fsp3) is 0.533. The van der Waals surface area contributed by atoms with Crippen LogP contribution in [0.1, 0.15) is 25.3 Å². The number of sulfonamides is 1. The number of likely N-dealkylation sites (tertiary alicyclic amines) is 1. The summed E-state index contributed by atoms with van der Waals surface area (Å²) in [5, 5.41) is 0. The molecule has 0 radical (unpaired) electrons. The molecule has 7 heteroatoms. The van der Waals surface area contributed by atoms with Crippen LogP contribution in [0, 0.1) is 0 Å². The number of benzene rings is 1. The highest BCUT2D eigenvalue weighted by atomic mass is 32.2. The van der Waals surface area contributed by atoms with Crippen LogP contribution in [-0.4, -0.2) is 45.1 Å². The van der Waals surface area contributed by atoms with E-state index in [0.717, 1.165) is 5.56 Å². The number of carbonyl (C=O) groups excluding carboxylic acids is 1. The van der Waals surface area contributed by atoms with Crippen molar-refractivity contribution in [3.8, 4) is 0 Å². The van der Waals surface area contributed by atoms with Gasteiger partial charge in [-0.25, -0.2) is 17.9 Å². The first kappa shape index (κ1) is 16.8. The van der Waals surface area contributed by atoms with Crippen LogP contribution in [-0.2, 0) is 20.5 Å². The van der Waals surface area contributed by atoms with Gasteiger partial charge in [0.25, 0.3) is 0 Å². The molecule has 2 rings (SSSR count). The topological polar surface area (TPSA) is 75.7 Å². The van der Waals surface area contributed by atoms with E-state index in [9.17, 15) is 13.2 Å². The minimum Gasteiger partial charge on any atom is -0.450 e. The van der Waals surface area contributed by atoms with E-state index in [2.05, 4.69) is 4.72 Å². The number of rotatable bonds is 5. The number of amides is 1. The summed E-state index contributed by atoms with van der Waals surface area (Å²) in [6, 6.07) is 8.96. The first-order chi connectivity index (χ1) is 10.5. The van der Waals surface area contributed by atoms with Crippen molar-refractivity contribution in [1.82, 2.24) is 9.62 Å². The van der Waals surface area contributed by atoms with Gasteiger partial charge in [0.15, 0.2) is 0 Å². The maximum Gasteiger partial charge on any atom is 0.409 e. The zero-order chi connectivity index (χ0) is 16.0. The molecule has 1 saturated heterocycles. The van der Waals surface area contributed by atoms with Crippen LogP contribution >= 0.6 is 0 Å². The van der Waals surface area contributed by atoms with Crippen LogP contribution in [0.4, 0.5) is 4.79 Å². The van der Waals surface area contributed by atoms with Gasteiger partial charge in [-0.3, -0.25) is 0 Å². The summed E-state index contributed by atoms with van der Waals surface area (Å²) in [7, 11) is -3.37. The monoisotopic (exact) mass is 326 g/mol. The van der Waals surface area contributed by atoms with Crippen LogP contribution in [0.25, 0.3) is 0 Å². The van der Waals surface area contributed by atoms with E-state index in [4.69, 9.17) is 4.74 Å². The lowest BCUT2D eigenvalue weighted by molar-refractivity contribution is 0.0966. The number of piperidine rings is 1. The molecule has 1 aliphatic heterocycles. The molecule has 0 aromatic heterocycles. The molecule has 0 saturated carbocycles. The molecule has 1 fully saturated rings. The third-order valence-electron chi connectivity index (χ3n) is 3.57. The molecular weight excluding hydrogens is 304 g/mol. The Morgan fingerprint density at radius 3 is 2.50 bits per heavy atom. The van der Waals surface area contributed by atoms with Gasteiger partial charge >= 0.3 is 6.09 Å². The van der Waals surface area contributed by atoms with Crippen LogP contribution in [0.5, 0.6) is 0 Å². The minimum absolute atomic E-state index is 0.0219. The fourth-order valence-electron chi connectivity index (χ4n) is 2.48. The summed E-state index contributed by atoms with van der Waals surface area (Å²) in [4.78, 5) is 13.2. The molecule has 0 atom stereocenters. The van der Waals surface area contributed by atoms with Crippen molar-refractivity contribution in [2.24, 2.45) is 0 Å². The maximum atomic E-state index is 12.2. The Kier molecular flexibility index (Phi) is 5.79. The highest BCUT2D eigenvalue weighted by Crippen LogP contribution is 2.14. The molecule has 0 aliphatic carbocycles. The second-order valence-corrected chi connectivity index (χ2v) is 7.08. The molecule has 0 unspecified atom stereocenters. The summed E-state index contributed by atoms with van der Waals surface area (Å²) < 4.78 is 32.0. The SMILES string of the molecule is CCOC(=O)N1CCC(NS(=O)(=O)Cc2ccccc2)CC1. The molecule has 0 bridgehead atoms. The first-order valence-electron chi connectivity index (χ1n) is 7.46. The third kappa shape index (κ3) is 4.99. The first-order valence-corrected chi connectivity index (χ1v) is 9.11. The highest BCUT2D eigenvalue weighted by molar-refractivity contribution is 7.88. The quantitative estimate of drug-likeness (QED) is 0.894. The Morgan fingerprint density at radius 1 is 1.27 bits per heavy atom. The predicted molar refractivity (Wildman–Crippen MR) is 83.8 cm³/mol. The van der Waals surface area contributed by atoms with Crippen molar-refractivity contribution in [3.63, 3.8) is 0 Å². The molecule has 0 spiro atoms. The van der Waals surface area contributed by atoms with Crippen molar-refractivity contribution < 1.29 is 17.9 Å². The summed E-state index contributed by atoms with van der Waals surface area (Å²) in [5.41, 5.74) is 0.763. The molecule has 1 heterocycles. The largest absolute Gasteiger partial charge is 0.450 e. The lowest BCUT2D eigenvalue weighted by Crippen LogP contribution is -2.46. The van der Waals surface area contributed by atoms with Gasteiger partial charge in [0, 0.05) is 19.1 Å². The number of hydrogen-bond donors (Lipinski definition) is 1. The molecule has 122 valence electrons. The van der Waals surface area contributed by atoms with E-state index in [1.54, 1.807) is 24.0 Å². The Bertz CT molecular complexity index is 581. The van der Waals surface area contributed by atoms with E-state index in [1.165, 1.54) is 0 Å². The van der Waals surface area contributed by atoms with Crippen LogP contribution in [0.15, 0.2) is 30.3 Å². The zero-order valence-electron chi connectivity index (χ0n) is 12.7.